The third kappa shape index (κ3) is 3.61. The number of alkyl halides is 3. The number of carbonyl (C=O) groups is 1. The van der Waals surface area contributed by atoms with Crippen LogP contribution in [-0.4, -0.2) is 22.3 Å². The van der Waals surface area contributed by atoms with Crippen molar-refractivity contribution in [2.24, 2.45) is 0 Å². The summed E-state index contributed by atoms with van der Waals surface area (Å²) >= 11 is 5.90. The zero-order valence-corrected chi connectivity index (χ0v) is 13.8. The van der Waals surface area contributed by atoms with Crippen molar-refractivity contribution in [1.82, 2.24) is 9.38 Å². The highest BCUT2D eigenvalue weighted by atomic mass is 35.5. The summed E-state index contributed by atoms with van der Waals surface area (Å²) in [4.78, 5) is 18.0. The van der Waals surface area contributed by atoms with Crippen LogP contribution >= 0.6 is 11.6 Å². The molecule has 0 fully saturated rings. The molecule has 3 aromatic rings. The van der Waals surface area contributed by atoms with Gasteiger partial charge in [0.25, 0.3) is 0 Å². The quantitative estimate of drug-likeness (QED) is 0.695. The third-order valence-electron chi connectivity index (χ3n) is 3.73. The number of aromatic nitrogens is 2. The van der Waals surface area contributed by atoms with Gasteiger partial charge in [-0.3, -0.25) is 4.79 Å². The third-order valence-corrected chi connectivity index (χ3v) is 4.01. The normalized spacial score (nSPS) is 11.7. The molecule has 8 heteroatoms. The predicted molar refractivity (Wildman–Crippen MR) is 88.8 cm³/mol. The number of para-hydroxylation sites is 1. The summed E-state index contributed by atoms with van der Waals surface area (Å²) in [5.74, 6) is -0.234. The van der Waals surface area contributed by atoms with E-state index in [2.05, 4.69) is 4.98 Å². The lowest BCUT2D eigenvalue weighted by Crippen LogP contribution is -2.27. The van der Waals surface area contributed by atoms with E-state index < -0.39 is 11.7 Å². The molecule has 4 nitrogen and oxygen atoms in total. The van der Waals surface area contributed by atoms with Crippen molar-refractivity contribution in [2.45, 2.75) is 12.6 Å². The molecule has 0 radical (unpaired) electrons. The zero-order chi connectivity index (χ0) is 18.2. The number of halogens is 4. The molecule has 2 heterocycles. The number of fused-ring (bicyclic) bond motifs is 1. The number of pyridine rings is 1. The number of hydrogen-bond donors (Lipinski definition) is 0. The number of hydrogen-bond acceptors (Lipinski definition) is 2. The Hall–Kier alpha value is -2.54. The Bertz CT molecular complexity index is 922. The van der Waals surface area contributed by atoms with E-state index in [0.29, 0.717) is 11.4 Å². The number of nitrogens with zero attached hydrogens (tertiary/aromatic N) is 3. The lowest BCUT2D eigenvalue weighted by Gasteiger charge is -2.16. The van der Waals surface area contributed by atoms with E-state index in [1.807, 2.05) is 18.2 Å². The highest BCUT2D eigenvalue weighted by Gasteiger charge is 2.32. The van der Waals surface area contributed by atoms with Crippen LogP contribution in [0.25, 0.3) is 5.65 Å². The number of benzene rings is 1. The number of amides is 1. The lowest BCUT2D eigenvalue weighted by atomic mass is 10.2. The van der Waals surface area contributed by atoms with Crippen LogP contribution < -0.4 is 4.90 Å². The van der Waals surface area contributed by atoms with E-state index in [1.165, 1.54) is 15.5 Å². The van der Waals surface area contributed by atoms with Gasteiger partial charge < -0.3 is 9.30 Å². The molecule has 3 rings (SSSR count). The van der Waals surface area contributed by atoms with Gasteiger partial charge in [-0.2, -0.15) is 13.2 Å². The highest BCUT2D eigenvalue weighted by Crippen LogP contribution is 2.32. The molecule has 0 saturated carbocycles. The second kappa shape index (κ2) is 6.40. The van der Waals surface area contributed by atoms with E-state index in [4.69, 9.17) is 11.6 Å². The first-order valence-electron chi connectivity index (χ1n) is 7.31. The van der Waals surface area contributed by atoms with Crippen molar-refractivity contribution in [1.29, 1.82) is 0 Å². The molecule has 0 aliphatic rings. The highest BCUT2D eigenvalue weighted by molar-refractivity contribution is 6.33. The molecule has 0 bridgehead atoms. The molecule has 1 amide bonds. The number of carbonyl (C=O) groups excluding carboxylic acids is 1. The van der Waals surface area contributed by atoms with Gasteiger partial charge in [-0.15, -0.1) is 0 Å². The molecule has 0 atom stereocenters. The predicted octanol–water partition coefficient (Wildman–Crippen LogP) is 4.21. The first kappa shape index (κ1) is 17.3. The van der Waals surface area contributed by atoms with Gasteiger partial charge in [0.05, 0.1) is 22.7 Å². The number of rotatable bonds is 3. The van der Waals surface area contributed by atoms with Gasteiger partial charge >= 0.3 is 6.18 Å². The van der Waals surface area contributed by atoms with Crippen molar-refractivity contribution >= 4 is 28.8 Å². The molecule has 1 aromatic carbocycles. The van der Waals surface area contributed by atoms with Crippen LogP contribution in [0, 0.1) is 0 Å². The fourth-order valence-electron chi connectivity index (χ4n) is 2.42. The molecule has 0 spiro atoms. The van der Waals surface area contributed by atoms with Gasteiger partial charge in [-0.05, 0) is 18.2 Å². The van der Waals surface area contributed by atoms with Crippen LogP contribution in [0.1, 0.15) is 11.3 Å². The summed E-state index contributed by atoms with van der Waals surface area (Å²) in [5, 5.41) is -0.120. The van der Waals surface area contributed by atoms with Gasteiger partial charge in [0, 0.05) is 25.1 Å². The number of likely N-dealkylation sites (N-methyl/N-ethyl adjacent to an activating group) is 1. The molecule has 0 aliphatic carbocycles. The second-order valence-electron chi connectivity index (χ2n) is 5.50. The van der Waals surface area contributed by atoms with Crippen LogP contribution in [-0.2, 0) is 17.4 Å². The van der Waals surface area contributed by atoms with Crippen molar-refractivity contribution < 1.29 is 18.0 Å². The Morgan fingerprint density at radius 3 is 2.56 bits per heavy atom. The Kier molecular flexibility index (Phi) is 4.43. The number of imidazole rings is 1. The molecule has 0 unspecified atom stereocenters. The maximum absolute atomic E-state index is 12.9. The van der Waals surface area contributed by atoms with E-state index in [1.54, 1.807) is 19.2 Å². The Balaban J connectivity index is 1.87. The van der Waals surface area contributed by atoms with Crippen LogP contribution in [0.2, 0.25) is 5.02 Å². The molecular formula is C17H13ClF3N3O. The molecule has 25 heavy (non-hydrogen) atoms. The molecular weight excluding hydrogens is 355 g/mol. The maximum atomic E-state index is 12.9. The molecule has 0 saturated heterocycles. The average molecular weight is 368 g/mol. The summed E-state index contributed by atoms with van der Waals surface area (Å²) < 4.78 is 39.7. The topological polar surface area (TPSA) is 37.6 Å². The van der Waals surface area contributed by atoms with Crippen molar-refractivity contribution in [2.75, 3.05) is 11.9 Å². The summed E-state index contributed by atoms with van der Waals surface area (Å²) in [6.07, 6.45) is -2.27. The fourth-order valence-corrected chi connectivity index (χ4v) is 2.67. The van der Waals surface area contributed by atoms with Gasteiger partial charge in [-0.1, -0.05) is 29.8 Å². The summed E-state index contributed by atoms with van der Waals surface area (Å²) in [7, 11) is 1.63. The smallest absolute Gasteiger partial charge is 0.315 e. The van der Waals surface area contributed by atoms with Gasteiger partial charge in [-0.25, -0.2) is 4.98 Å². The largest absolute Gasteiger partial charge is 0.417 e. The molecule has 0 aliphatic heterocycles. The van der Waals surface area contributed by atoms with Gasteiger partial charge in [0.1, 0.15) is 0 Å². The molecule has 0 N–H and O–H groups in total. The van der Waals surface area contributed by atoms with Crippen LogP contribution in [0.15, 0.2) is 48.8 Å². The van der Waals surface area contributed by atoms with Crippen molar-refractivity contribution in [3.05, 3.63) is 65.1 Å². The van der Waals surface area contributed by atoms with Gasteiger partial charge in [0.15, 0.2) is 5.65 Å². The Morgan fingerprint density at radius 1 is 1.24 bits per heavy atom. The standard InChI is InChI=1S/C17H13ClF3N3O/c1-23(13-5-3-2-4-6-13)15(25)8-12-10-24-9-11(17(19,20)21)7-14(18)16(24)22-12/h2-7,9-10H,8H2,1H3. The van der Waals surface area contributed by atoms with Crippen molar-refractivity contribution in [3.8, 4) is 0 Å². The fraction of sp³-hybridized carbons (Fsp3) is 0.176. The van der Waals surface area contributed by atoms with Crippen LogP contribution in [0.3, 0.4) is 0 Å². The Morgan fingerprint density at radius 2 is 1.92 bits per heavy atom. The lowest BCUT2D eigenvalue weighted by molar-refractivity contribution is -0.137. The SMILES string of the molecule is CN(C(=O)Cc1cn2cc(C(F)(F)F)cc(Cl)c2n1)c1ccccc1. The average Bonchev–Trinajstić information content (AvgIpc) is 2.97. The maximum Gasteiger partial charge on any atom is 0.417 e. The first-order chi connectivity index (χ1) is 11.8. The summed E-state index contributed by atoms with van der Waals surface area (Å²) in [6, 6.07) is 9.85. The minimum atomic E-state index is -4.51. The summed E-state index contributed by atoms with van der Waals surface area (Å²) in [5.41, 5.74) is 0.365. The second-order valence-corrected chi connectivity index (χ2v) is 5.91. The van der Waals surface area contributed by atoms with E-state index >= 15 is 0 Å². The molecule has 130 valence electrons. The van der Waals surface area contributed by atoms with Crippen molar-refractivity contribution in [3.63, 3.8) is 0 Å². The van der Waals surface area contributed by atoms with E-state index in [0.717, 1.165) is 12.3 Å². The zero-order valence-electron chi connectivity index (χ0n) is 13.1. The van der Waals surface area contributed by atoms with Crippen LogP contribution in [0.4, 0.5) is 18.9 Å². The van der Waals surface area contributed by atoms with Crippen LogP contribution in [0.5, 0.6) is 0 Å². The minimum absolute atomic E-state index is 0.0508. The monoisotopic (exact) mass is 367 g/mol. The van der Waals surface area contributed by atoms with Gasteiger partial charge in [0.2, 0.25) is 5.91 Å². The summed E-state index contributed by atoms with van der Waals surface area (Å²) in [6.45, 7) is 0. The first-order valence-corrected chi connectivity index (χ1v) is 7.69. The Labute approximate surface area is 146 Å². The van der Waals surface area contributed by atoms with E-state index in [9.17, 15) is 18.0 Å². The molecule has 2 aromatic heterocycles. The van der Waals surface area contributed by atoms with E-state index in [-0.39, 0.29) is 23.0 Å². The number of anilines is 1. The minimum Gasteiger partial charge on any atom is -0.315 e.